The molecule has 0 fully saturated rings. The Balaban J connectivity index is 2.16. The van der Waals surface area contributed by atoms with Crippen molar-refractivity contribution >= 4 is 44.5 Å². The number of carbonyl (C=O) groups excluding carboxylic acids is 1. The quantitative estimate of drug-likeness (QED) is 0.780. The number of pyridine rings is 1. The molecule has 0 saturated carbocycles. The van der Waals surface area contributed by atoms with E-state index in [9.17, 15) is 4.79 Å². The summed E-state index contributed by atoms with van der Waals surface area (Å²) in [5.41, 5.74) is 1.01. The Morgan fingerprint density at radius 2 is 2.14 bits per heavy atom. The molecule has 0 aliphatic heterocycles. The second-order valence-corrected chi connectivity index (χ2v) is 6.82. The lowest BCUT2D eigenvalue weighted by Gasteiger charge is -2.19. The summed E-state index contributed by atoms with van der Waals surface area (Å²) in [4.78, 5) is 16.0. The van der Waals surface area contributed by atoms with Gasteiger partial charge in [0.05, 0.1) is 5.52 Å². The molecule has 1 heterocycles. The van der Waals surface area contributed by atoms with Gasteiger partial charge in [-0.15, -0.1) is 0 Å². The van der Waals surface area contributed by atoms with E-state index in [0.29, 0.717) is 5.15 Å². The van der Waals surface area contributed by atoms with Gasteiger partial charge in [0, 0.05) is 22.0 Å². The SMILES string of the molecule is CC(C)(C)OC(=O)NCc1cc2cccc(Br)c2nc1Cl. The van der Waals surface area contributed by atoms with Gasteiger partial charge in [0.2, 0.25) is 0 Å². The zero-order valence-electron chi connectivity index (χ0n) is 12.0. The number of para-hydroxylation sites is 1. The van der Waals surface area contributed by atoms with Crippen molar-refractivity contribution in [1.82, 2.24) is 10.3 Å². The lowest BCUT2D eigenvalue weighted by Crippen LogP contribution is -2.32. The summed E-state index contributed by atoms with van der Waals surface area (Å²) in [5, 5.41) is 4.00. The highest BCUT2D eigenvalue weighted by molar-refractivity contribution is 9.10. The minimum Gasteiger partial charge on any atom is -0.444 e. The largest absolute Gasteiger partial charge is 0.444 e. The van der Waals surface area contributed by atoms with Crippen LogP contribution in [0.2, 0.25) is 5.15 Å². The molecule has 4 nitrogen and oxygen atoms in total. The Bertz CT molecular complexity index is 683. The maximum absolute atomic E-state index is 11.7. The molecule has 2 aromatic rings. The number of halogens is 2. The summed E-state index contributed by atoms with van der Waals surface area (Å²) < 4.78 is 6.07. The van der Waals surface area contributed by atoms with E-state index in [4.69, 9.17) is 16.3 Å². The van der Waals surface area contributed by atoms with E-state index in [1.807, 2.05) is 45.0 Å². The summed E-state index contributed by atoms with van der Waals surface area (Å²) in [5.74, 6) is 0. The number of hydrogen-bond acceptors (Lipinski definition) is 3. The van der Waals surface area contributed by atoms with Crippen molar-refractivity contribution < 1.29 is 9.53 Å². The van der Waals surface area contributed by atoms with Crippen molar-refractivity contribution in [2.75, 3.05) is 0 Å². The van der Waals surface area contributed by atoms with E-state index >= 15 is 0 Å². The lowest BCUT2D eigenvalue weighted by molar-refractivity contribution is 0.0523. The number of amides is 1. The van der Waals surface area contributed by atoms with E-state index in [0.717, 1.165) is 20.9 Å². The van der Waals surface area contributed by atoms with Crippen LogP contribution in [-0.2, 0) is 11.3 Å². The van der Waals surface area contributed by atoms with Crippen molar-refractivity contribution in [3.63, 3.8) is 0 Å². The molecule has 1 aromatic heterocycles. The molecule has 0 aliphatic carbocycles. The van der Waals surface area contributed by atoms with Crippen LogP contribution in [0, 0.1) is 0 Å². The number of fused-ring (bicyclic) bond motifs is 1. The van der Waals surface area contributed by atoms with Gasteiger partial charge in [0.15, 0.2) is 0 Å². The first-order chi connectivity index (χ1) is 9.76. The van der Waals surface area contributed by atoms with Gasteiger partial charge in [-0.25, -0.2) is 9.78 Å². The first-order valence-corrected chi connectivity index (χ1v) is 7.64. The maximum Gasteiger partial charge on any atom is 0.407 e. The van der Waals surface area contributed by atoms with Crippen LogP contribution < -0.4 is 5.32 Å². The Morgan fingerprint density at radius 1 is 1.43 bits per heavy atom. The molecule has 21 heavy (non-hydrogen) atoms. The standard InChI is InChI=1S/C15H16BrClN2O2/c1-15(2,3)21-14(20)18-8-10-7-9-5-4-6-11(16)12(9)19-13(10)17/h4-7H,8H2,1-3H3,(H,18,20). The molecular formula is C15H16BrClN2O2. The van der Waals surface area contributed by atoms with Gasteiger partial charge >= 0.3 is 6.09 Å². The molecule has 0 spiro atoms. The van der Waals surface area contributed by atoms with Crippen LogP contribution in [-0.4, -0.2) is 16.7 Å². The van der Waals surface area contributed by atoms with Crippen molar-refractivity contribution in [1.29, 1.82) is 0 Å². The Morgan fingerprint density at radius 3 is 2.81 bits per heavy atom. The van der Waals surface area contributed by atoms with Crippen LogP contribution in [0.25, 0.3) is 10.9 Å². The van der Waals surface area contributed by atoms with Gasteiger partial charge in [0.25, 0.3) is 0 Å². The molecule has 1 N–H and O–H groups in total. The van der Waals surface area contributed by atoms with Crippen LogP contribution in [0.1, 0.15) is 26.3 Å². The number of benzene rings is 1. The smallest absolute Gasteiger partial charge is 0.407 e. The van der Waals surface area contributed by atoms with Crippen molar-refractivity contribution in [3.05, 3.63) is 39.5 Å². The number of carbonyl (C=O) groups is 1. The fraction of sp³-hybridized carbons (Fsp3) is 0.333. The normalized spacial score (nSPS) is 11.5. The van der Waals surface area contributed by atoms with Crippen LogP contribution >= 0.6 is 27.5 Å². The molecule has 112 valence electrons. The van der Waals surface area contributed by atoms with Crippen LogP contribution in [0.3, 0.4) is 0 Å². The van der Waals surface area contributed by atoms with Crippen molar-refractivity contribution in [2.45, 2.75) is 32.9 Å². The highest BCUT2D eigenvalue weighted by atomic mass is 79.9. The summed E-state index contributed by atoms with van der Waals surface area (Å²) in [6.45, 7) is 5.71. The highest BCUT2D eigenvalue weighted by Crippen LogP contribution is 2.26. The Labute approximate surface area is 137 Å². The van der Waals surface area contributed by atoms with E-state index in [1.54, 1.807) is 0 Å². The number of ether oxygens (including phenoxy) is 1. The average Bonchev–Trinajstić information content (AvgIpc) is 2.35. The molecule has 2 rings (SSSR count). The maximum atomic E-state index is 11.7. The van der Waals surface area contributed by atoms with Gasteiger partial charge in [-0.1, -0.05) is 23.7 Å². The van der Waals surface area contributed by atoms with Gasteiger partial charge in [-0.2, -0.15) is 0 Å². The van der Waals surface area contributed by atoms with Crippen LogP contribution in [0.5, 0.6) is 0 Å². The second kappa shape index (κ2) is 6.20. The lowest BCUT2D eigenvalue weighted by atomic mass is 10.1. The molecule has 0 aliphatic rings. The Kier molecular flexibility index (Phi) is 4.74. The summed E-state index contributed by atoms with van der Waals surface area (Å²) >= 11 is 9.61. The van der Waals surface area contributed by atoms with Gasteiger partial charge in [0.1, 0.15) is 10.8 Å². The summed E-state index contributed by atoms with van der Waals surface area (Å²) in [7, 11) is 0. The first kappa shape index (κ1) is 16.0. The Hall–Kier alpha value is -1.33. The minimum absolute atomic E-state index is 0.267. The number of alkyl carbamates (subject to hydrolysis) is 1. The summed E-state index contributed by atoms with van der Waals surface area (Å²) in [6, 6.07) is 7.69. The predicted octanol–water partition coefficient (Wildman–Crippen LogP) is 4.68. The summed E-state index contributed by atoms with van der Waals surface area (Å²) in [6.07, 6.45) is -0.479. The molecular weight excluding hydrogens is 356 g/mol. The van der Waals surface area contributed by atoms with Gasteiger partial charge in [-0.05, 0) is 48.8 Å². The topological polar surface area (TPSA) is 51.2 Å². The zero-order valence-corrected chi connectivity index (χ0v) is 14.4. The third kappa shape index (κ3) is 4.32. The number of nitrogens with zero attached hydrogens (tertiary/aromatic N) is 1. The van der Waals surface area contributed by atoms with Crippen LogP contribution in [0.4, 0.5) is 4.79 Å². The highest BCUT2D eigenvalue weighted by Gasteiger charge is 2.16. The molecule has 0 radical (unpaired) electrons. The third-order valence-corrected chi connectivity index (χ3v) is 3.61. The monoisotopic (exact) mass is 370 g/mol. The fourth-order valence-corrected chi connectivity index (χ4v) is 2.47. The van der Waals surface area contributed by atoms with E-state index in [1.165, 1.54) is 0 Å². The van der Waals surface area contributed by atoms with Crippen molar-refractivity contribution in [3.8, 4) is 0 Å². The fourth-order valence-electron chi connectivity index (χ4n) is 1.79. The third-order valence-electron chi connectivity index (χ3n) is 2.64. The number of rotatable bonds is 2. The number of aromatic nitrogens is 1. The minimum atomic E-state index is -0.527. The van der Waals surface area contributed by atoms with Crippen molar-refractivity contribution in [2.24, 2.45) is 0 Å². The van der Waals surface area contributed by atoms with E-state index < -0.39 is 11.7 Å². The number of nitrogens with one attached hydrogen (secondary N) is 1. The molecule has 0 unspecified atom stereocenters. The molecule has 6 heteroatoms. The predicted molar refractivity (Wildman–Crippen MR) is 87.5 cm³/mol. The second-order valence-electron chi connectivity index (χ2n) is 5.61. The molecule has 0 saturated heterocycles. The van der Waals surface area contributed by atoms with Gasteiger partial charge in [-0.3, -0.25) is 0 Å². The molecule has 0 atom stereocenters. The van der Waals surface area contributed by atoms with Gasteiger partial charge < -0.3 is 10.1 Å². The molecule has 1 aromatic carbocycles. The molecule has 1 amide bonds. The zero-order chi connectivity index (χ0) is 15.6. The van der Waals surface area contributed by atoms with E-state index in [-0.39, 0.29) is 6.54 Å². The average molecular weight is 372 g/mol. The number of hydrogen-bond donors (Lipinski definition) is 1. The van der Waals surface area contributed by atoms with E-state index in [2.05, 4.69) is 26.2 Å². The molecule has 0 bridgehead atoms. The first-order valence-electron chi connectivity index (χ1n) is 6.47. The van der Waals surface area contributed by atoms with Crippen LogP contribution in [0.15, 0.2) is 28.7 Å².